The fraction of sp³-hybridized carbons (Fsp3) is 0.125. The monoisotopic (exact) mass is 202 g/mol. The summed E-state index contributed by atoms with van der Waals surface area (Å²) in [7, 11) is 0. The second-order valence-corrected chi connectivity index (χ2v) is 2.97. The minimum atomic E-state index is -2.53. The number of alkyl halides is 2. The fourth-order valence-electron chi connectivity index (χ4n) is 1.21. The van der Waals surface area contributed by atoms with Gasteiger partial charge < -0.3 is 4.98 Å². The van der Waals surface area contributed by atoms with Crippen LogP contribution in [0.5, 0.6) is 0 Å². The van der Waals surface area contributed by atoms with Crippen LogP contribution in [0.2, 0.25) is 5.02 Å². The lowest BCUT2D eigenvalue weighted by Crippen LogP contribution is -1.82. The summed E-state index contributed by atoms with van der Waals surface area (Å²) in [6, 6.07) is 1.49. The molecule has 68 valence electrons. The van der Waals surface area contributed by atoms with Crippen LogP contribution in [0.1, 0.15) is 12.0 Å². The van der Waals surface area contributed by atoms with Crippen LogP contribution in [-0.2, 0) is 0 Å². The zero-order chi connectivity index (χ0) is 9.42. The highest BCUT2D eigenvalue weighted by atomic mass is 35.5. The number of hydrogen-bond donors (Lipinski definition) is 1. The summed E-state index contributed by atoms with van der Waals surface area (Å²) >= 11 is 5.75. The number of fused-ring (bicyclic) bond motifs is 1. The summed E-state index contributed by atoms with van der Waals surface area (Å²) < 4.78 is 24.8. The van der Waals surface area contributed by atoms with Gasteiger partial charge in [0.2, 0.25) is 0 Å². The molecule has 0 radical (unpaired) electrons. The van der Waals surface area contributed by atoms with Crippen molar-refractivity contribution in [2.45, 2.75) is 6.43 Å². The maximum atomic E-state index is 12.4. The van der Waals surface area contributed by atoms with Crippen LogP contribution < -0.4 is 0 Å². The van der Waals surface area contributed by atoms with Crippen LogP contribution in [-0.4, -0.2) is 9.97 Å². The van der Waals surface area contributed by atoms with Gasteiger partial charge in [-0.2, -0.15) is 0 Å². The lowest BCUT2D eigenvalue weighted by molar-refractivity contribution is 0.153. The standard InChI is InChI=1S/C8H5ClF2N2/c9-5-1-2-12-8-6(5)4(3-13-8)7(10)11/h1-3,7H,(H,12,13). The quantitative estimate of drug-likeness (QED) is 0.756. The van der Waals surface area contributed by atoms with E-state index in [1.807, 2.05) is 0 Å². The molecule has 0 aliphatic rings. The van der Waals surface area contributed by atoms with Crippen molar-refractivity contribution in [1.82, 2.24) is 9.97 Å². The lowest BCUT2D eigenvalue weighted by Gasteiger charge is -1.97. The summed E-state index contributed by atoms with van der Waals surface area (Å²) in [6.45, 7) is 0. The molecule has 1 N–H and O–H groups in total. The molecule has 0 atom stereocenters. The maximum absolute atomic E-state index is 12.4. The highest BCUT2D eigenvalue weighted by molar-refractivity contribution is 6.35. The minimum absolute atomic E-state index is 0.104. The van der Waals surface area contributed by atoms with Crippen LogP contribution in [0.4, 0.5) is 8.78 Å². The zero-order valence-electron chi connectivity index (χ0n) is 6.39. The van der Waals surface area contributed by atoms with Crippen molar-refractivity contribution in [2.75, 3.05) is 0 Å². The second kappa shape index (κ2) is 2.96. The third kappa shape index (κ3) is 1.27. The van der Waals surface area contributed by atoms with Gasteiger partial charge in [-0.1, -0.05) is 11.6 Å². The van der Waals surface area contributed by atoms with Gasteiger partial charge in [-0.05, 0) is 6.07 Å². The van der Waals surface area contributed by atoms with E-state index in [4.69, 9.17) is 11.6 Å². The molecule has 0 aliphatic carbocycles. The van der Waals surface area contributed by atoms with E-state index in [0.717, 1.165) is 0 Å². The van der Waals surface area contributed by atoms with E-state index in [0.29, 0.717) is 16.1 Å². The lowest BCUT2D eigenvalue weighted by atomic mass is 10.2. The van der Waals surface area contributed by atoms with Crippen molar-refractivity contribution in [3.05, 3.63) is 29.0 Å². The Hall–Kier alpha value is -1.16. The Bertz CT molecular complexity index is 439. The van der Waals surface area contributed by atoms with E-state index < -0.39 is 6.43 Å². The number of H-pyrrole nitrogens is 1. The molecule has 2 rings (SSSR count). The summed E-state index contributed by atoms with van der Waals surface area (Å²) in [5.74, 6) is 0. The fourth-order valence-corrected chi connectivity index (χ4v) is 1.47. The van der Waals surface area contributed by atoms with E-state index in [-0.39, 0.29) is 5.56 Å². The highest BCUT2D eigenvalue weighted by Crippen LogP contribution is 2.31. The van der Waals surface area contributed by atoms with Gasteiger partial charge in [0, 0.05) is 23.3 Å². The van der Waals surface area contributed by atoms with Crippen LogP contribution in [0.3, 0.4) is 0 Å². The third-order valence-corrected chi connectivity index (χ3v) is 2.10. The first-order chi connectivity index (χ1) is 6.20. The molecular weight excluding hydrogens is 198 g/mol. The van der Waals surface area contributed by atoms with Crippen molar-refractivity contribution >= 4 is 22.6 Å². The largest absolute Gasteiger partial charge is 0.346 e. The molecule has 0 bridgehead atoms. The Balaban J connectivity index is 2.79. The van der Waals surface area contributed by atoms with Gasteiger partial charge in [0.25, 0.3) is 6.43 Å². The van der Waals surface area contributed by atoms with Gasteiger partial charge in [0.05, 0.1) is 5.02 Å². The number of rotatable bonds is 1. The molecule has 5 heteroatoms. The topological polar surface area (TPSA) is 28.7 Å². The maximum Gasteiger partial charge on any atom is 0.266 e. The summed E-state index contributed by atoms with van der Waals surface area (Å²) in [4.78, 5) is 6.51. The van der Waals surface area contributed by atoms with Gasteiger partial charge >= 0.3 is 0 Å². The Morgan fingerprint density at radius 2 is 2.23 bits per heavy atom. The van der Waals surface area contributed by atoms with Crippen LogP contribution >= 0.6 is 11.6 Å². The number of nitrogens with zero attached hydrogens (tertiary/aromatic N) is 1. The second-order valence-electron chi connectivity index (χ2n) is 2.56. The smallest absolute Gasteiger partial charge is 0.266 e. The zero-order valence-corrected chi connectivity index (χ0v) is 7.15. The van der Waals surface area contributed by atoms with E-state index in [1.165, 1.54) is 18.5 Å². The Morgan fingerprint density at radius 3 is 2.92 bits per heavy atom. The molecule has 0 spiro atoms. The molecule has 0 aromatic carbocycles. The molecule has 0 aliphatic heterocycles. The number of aromatic nitrogens is 2. The minimum Gasteiger partial charge on any atom is -0.346 e. The van der Waals surface area contributed by atoms with Gasteiger partial charge in [-0.15, -0.1) is 0 Å². The molecular formula is C8H5ClF2N2. The normalized spacial score (nSPS) is 11.4. The molecule has 0 fully saturated rings. The van der Waals surface area contributed by atoms with Gasteiger partial charge in [-0.3, -0.25) is 0 Å². The Kier molecular flexibility index (Phi) is 1.92. The predicted octanol–water partition coefficient (Wildman–Crippen LogP) is 3.15. The number of pyridine rings is 1. The molecule has 0 saturated heterocycles. The predicted molar refractivity (Wildman–Crippen MR) is 46.1 cm³/mol. The molecule has 13 heavy (non-hydrogen) atoms. The third-order valence-electron chi connectivity index (χ3n) is 1.79. The molecule has 2 nitrogen and oxygen atoms in total. The van der Waals surface area contributed by atoms with Gasteiger partial charge in [0.1, 0.15) is 5.65 Å². The first kappa shape index (κ1) is 8.44. The molecule has 2 aromatic heterocycles. The van der Waals surface area contributed by atoms with E-state index in [1.54, 1.807) is 0 Å². The molecule has 0 amide bonds. The number of nitrogens with one attached hydrogen (secondary N) is 1. The highest BCUT2D eigenvalue weighted by Gasteiger charge is 2.15. The van der Waals surface area contributed by atoms with Crippen molar-refractivity contribution in [3.8, 4) is 0 Å². The molecule has 2 heterocycles. The summed E-state index contributed by atoms with van der Waals surface area (Å²) in [6.07, 6.45) is 0.167. The van der Waals surface area contributed by atoms with E-state index in [9.17, 15) is 8.78 Å². The Morgan fingerprint density at radius 1 is 1.46 bits per heavy atom. The van der Waals surface area contributed by atoms with Gasteiger partial charge in [-0.25, -0.2) is 13.8 Å². The van der Waals surface area contributed by atoms with E-state index >= 15 is 0 Å². The van der Waals surface area contributed by atoms with Crippen LogP contribution in [0.15, 0.2) is 18.5 Å². The molecule has 0 unspecified atom stereocenters. The van der Waals surface area contributed by atoms with Crippen LogP contribution in [0, 0.1) is 0 Å². The number of halogens is 3. The average molecular weight is 203 g/mol. The SMILES string of the molecule is FC(F)c1c[nH]c2nccc(Cl)c12. The van der Waals surface area contributed by atoms with E-state index in [2.05, 4.69) is 9.97 Å². The van der Waals surface area contributed by atoms with Crippen molar-refractivity contribution in [2.24, 2.45) is 0 Å². The number of aromatic amines is 1. The van der Waals surface area contributed by atoms with Gasteiger partial charge in [0.15, 0.2) is 0 Å². The number of hydrogen-bond acceptors (Lipinski definition) is 1. The first-order valence-electron chi connectivity index (χ1n) is 3.60. The molecule has 0 saturated carbocycles. The molecule has 2 aromatic rings. The summed E-state index contributed by atoms with van der Waals surface area (Å²) in [5, 5.41) is 0.598. The van der Waals surface area contributed by atoms with Crippen molar-refractivity contribution in [1.29, 1.82) is 0 Å². The van der Waals surface area contributed by atoms with Crippen molar-refractivity contribution in [3.63, 3.8) is 0 Å². The summed E-state index contributed by atoms with van der Waals surface area (Å²) in [5.41, 5.74) is 0.288. The first-order valence-corrected chi connectivity index (χ1v) is 3.97. The average Bonchev–Trinajstić information content (AvgIpc) is 2.49. The Labute approximate surface area is 77.5 Å². The van der Waals surface area contributed by atoms with Crippen LogP contribution in [0.25, 0.3) is 11.0 Å². The van der Waals surface area contributed by atoms with Crippen molar-refractivity contribution < 1.29 is 8.78 Å².